The van der Waals surface area contributed by atoms with Crippen molar-refractivity contribution in [1.29, 1.82) is 0 Å². The summed E-state index contributed by atoms with van der Waals surface area (Å²) in [5.74, 6) is 1.46. The molecular formula is C16H26N2O3. The van der Waals surface area contributed by atoms with Crippen LogP contribution >= 0.6 is 0 Å². The molecular weight excluding hydrogens is 268 g/mol. The highest BCUT2D eigenvalue weighted by molar-refractivity contribution is 5.76. The van der Waals surface area contributed by atoms with Crippen LogP contribution in [0.2, 0.25) is 0 Å². The Kier molecular flexibility index (Phi) is 7.02. The molecule has 5 heteroatoms. The zero-order chi connectivity index (χ0) is 15.8. The van der Waals surface area contributed by atoms with Gasteiger partial charge < -0.3 is 20.1 Å². The van der Waals surface area contributed by atoms with Crippen LogP contribution < -0.4 is 20.1 Å². The molecule has 0 saturated carbocycles. The topological polar surface area (TPSA) is 59.6 Å². The first-order chi connectivity index (χ1) is 9.97. The van der Waals surface area contributed by atoms with Crippen LogP contribution in [0.15, 0.2) is 18.2 Å². The van der Waals surface area contributed by atoms with Crippen LogP contribution in [-0.4, -0.2) is 32.7 Å². The molecule has 1 rings (SSSR count). The minimum atomic E-state index is -0.114. The number of benzene rings is 1. The summed E-state index contributed by atoms with van der Waals surface area (Å²) in [6.45, 7) is 6.74. The first-order valence-electron chi connectivity index (χ1n) is 7.22. The molecule has 1 unspecified atom stereocenters. The SMILES string of the molecule is COc1ccc(C(C)NC(=O)CCNC(C)C)c(OC)c1. The van der Waals surface area contributed by atoms with E-state index in [4.69, 9.17) is 9.47 Å². The van der Waals surface area contributed by atoms with E-state index in [1.54, 1.807) is 14.2 Å². The molecule has 0 aliphatic rings. The molecule has 21 heavy (non-hydrogen) atoms. The Morgan fingerprint density at radius 3 is 2.48 bits per heavy atom. The summed E-state index contributed by atoms with van der Waals surface area (Å²) < 4.78 is 10.5. The Bertz CT molecular complexity index is 461. The molecule has 0 saturated heterocycles. The number of ether oxygens (including phenoxy) is 2. The lowest BCUT2D eigenvalue weighted by Gasteiger charge is -2.18. The summed E-state index contributed by atoms with van der Waals surface area (Å²) in [4.78, 5) is 11.9. The third-order valence-corrected chi connectivity index (χ3v) is 3.19. The summed E-state index contributed by atoms with van der Waals surface area (Å²) in [5, 5.41) is 6.21. The van der Waals surface area contributed by atoms with Crippen molar-refractivity contribution in [3.63, 3.8) is 0 Å². The van der Waals surface area contributed by atoms with E-state index in [2.05, 4.69) is 24.5 Å². The predicted octanol–water partition coefficient (Wildman–Crippen LogP) is 2.27. The van der Waals surface area contributed by atoms with E-state index >= 15 is 0 Å². The highest BCUT2D eigenvalue weighted by Gasteiger charge is 2.14. The second-order valence-electron chi connectivity index (χ2n) is 5.26. The van der Waals surface area contributed by atoms with Gasteiger partial charge in [0.1, 0.15) is 11.5 Å². The van der Waals surface area contributed by atoms with Crippen molar-refractivity contribution < 1.29 is 14.3 Å². The Balaban J connectivity index is 2.62. The van der Waals surface area contributed by atoms with Gasteiger partial charge in [-0.15, -0.1) is 0 Å². The molecule has 1 aromatic rings. The van der Waals surface area contributed by atoms with Gasteiger partial charge in [0.2, 0.25) is 5.91 Å². The average Bonchev–Trinajstić information content (AvgIpc) is 2.45. The Labute approximate surface area is 127 Å². The number of rotatable bonds is 8. The standard InChI is InChI=1S/C16H26N2O3/c1-11(2)17-9-8-16(19)18-12(3)14-7-6-13(20-4)10-15(14)21-5/h6-7,10-12,17H,8-9H2,1-5H3,(H,18,19). The Morgan fingerprint density at radius 2 is 1.90 bits per heavy atom. The number of methoxy groups -OCH3 is 2. The van der Waals surface area contributed by atoms with Crippen LogP contribution in [0.1, 0.15) is 38.8 Å². The summed E-state index contributed by atoms with van der Waals surface area (Å²) in [6.07, 6.45) is 0.459. The molecule has 0 heterocycles. The van der Waals surface area contributed by atoms with E-state index in [0.717, 1.165) is 11.3 Å². The monoisotopic (exact) mass is 294 g/mol. The Hall–Kier alpha value is -1.75. The summed E-state index contributed by atoms with van der Waals surface area (Å²) >= 11 is 0. The van der Waals surface area contributed by atoms with Crippen LogP contribution in [0.3, 0.4) is 0 Å². The molecule has 1 aromatic carbocycles. The van der Waals surface area contributed by atoms with Gasteiger partial charge in [0.05, 0.1) is 20.3 Å². The first kappa shape index (κ1) is 17.3. The lowest BCUT2D eigenvalue weighted by atomic mass is 10.1. The smallest absolute Gasteiger partial charge is 0.221 e. The van der Waals surface area contributed by atoms with Gasteiger partial charge in [-0.2, -0.15) is 0 Å². The van der Waals surface area contributed by atoms with Crippen molar-refractivity contribution in [2.75, 3.05) is 20.8 Å². The summed E-state index contributed by atoms with van der Waals surface area (Å²) in [6, 6.07) is 5.86. The van der Waals surface area contributed by atoms with Gasteiger partial charge in [0.25, 0.3) is 0 Å². The maximum Gasteiger partial charge on any atom is 0.221 e. The summed E-state index contributed by atoms with van der Waals surface area (Å²) in [7, 11) is 3.22. The van der Waals surface area contributed by atoms with Crippen LogP contribution in [-0.2, 0) is 4.79 Å². The average molecular weight is 294 g/mol. The first-order valence-corrected chi connectivity index (χ1v) is 7.22. The van der Waals surface area contributed by atoms with Crippen molar-refractivity contribution >= 4 is 5.91 Å². The maximum absolute atomic E-state index is 11.9. The highest BCUT2D eigenvalue weighted by atomic mass is 16.5. The van der Waals surface area contributed by atoms with E-state index < -0.39 is 0 Å². The molecule has 0 aliphatic carbocycles. The van der Waals surface area contributed by atoms with E-state index in [-0.39, 0.29) is 11.9 Å². The van der Waals surface area contributed by atoms with Crippen LogP contribution in [0, 0.1) is 0 Å². The second kappa shape index (κ2) is 8.52. The number of hydrogen-bond acceptors (Lipinski definition) is 4. The van der Waals surface area contributed by atoms with Gasteiger partial charge in [0, 0.05) is 30.6 Å². The number of hydrogen-bond donors (Lipinski definition) is 2. The highest BCUT2D eigenvalue weighted by Crippen LogP contribution is 2.29. The summed E-state index contributed by atoms with van der Waals surface area (Å²) in [5.41, 5.74) is 0.934. The van der Waals surface area contributed by atoms with Gasteiger partial charge in [-0.25, -0.2) is 0 Å². The van der Waals surface area contributed by atoms with E-state index in [1.165, 1.54) is 0 Å². The molecule has 0 radical (unpaired) electrons. The van der Waals surface area contributed by atoms with Crippen LogP contribution in [0.25, 0.3) is 0 Å². The van der Waals surface area contributed by atoms with Crippen molar-refractivity contribution in [1.82, 2.24) is 10.6 Å². The Morgan fingerprint density at radius 1 is 1.19 bits per heavy atom. The van der Waals surface area contributed by atoms with Crippen molar-refractivity contribution in [2.24, 2.45) is 0 Å². The van der Waals surface area contributed by atoms with Gasteiger partial charge in [-0.05, 0) is 19.1 Å². The molecule has 0 fully saturated rings. The zero-order valence-electron chi connectivity index (χ0n) is 13.5. The van der Waals surface area contributed by atoms with Crippen molar-refractivity contribution in [3.8, 4) is 11.5 Å². The fourth-order valence-electron chi connectivity index (χ4n) is 2.04. The number of carbonyl (C=O) groups excluding carboxylic acids is 1. The molecule has 0 spiro atoms. The van der Waals surface area contributed by atoms with E-state index in [0.29, 0.717) is 24.8 Å². The minimum absolute atomic E-state index is 0.0218. The van der Waals surface area contributed by atoms with Gasteiger partial charge >= 0.3 is 0 Å². The number of amides is 1. The molecule has 2 N–H and O–H groups in total. The van der Waals surface area contributed by atoms with Gasteiger partial charge in [-0.3, -0.25) is 4.79 Å². The van der Waals surface area contributed by atoms with Crippen molar-refractivity contribution in [2.45, 2.75) is 39.3 Å². The fraction of sp³-hybridized carbons (Fsp3) is 0.562. The third kappa shape index (κ3) is 5.63. The maximum atomic E-state index is 11.9. The molecule has 0 bridgehead atoms. The molecule has 5 nitrogen and oxygen atoms in total. The van der Waals surface area contributed by atoms with E-state index in [1.807, 2.05) is 25.1 Å². The normalized spacial score (nSPS) is 12.1. The lowest BCUT2D eigenvalue weighted by Crippen LogP contribution is -2.32. The lowest BCUT2D eigenvalue weighted by molar-refractivity contribution is -0.121. The molecule has 0 aromatic heterocycles. The van der Waals surface area contributed by atoms with Crippen LogP contribution in [0.5, 0.6) is 11.5 Å². The minimum Gasteiger partial charge on any atom is -0.497 e. The van der Waals surface area contributed by atoms with Crippen LogP contribution in [0.4, 0.5) is 0 Å². The number of nitrogens with one attached hydrogen (secondary N) is 2. The van der Waals surface area contributed by atoms with Crippen molar-refractivity contribution in [3.05, 3.63) is 23.8 Å². The largest absolute Gasteiger partial charge is 0.497 e. The molecule has 1 atom stereocenters. The zero-order valence-corrected chi connectivity index (χ0v) is 13.5. The number of carbonyl (C=O) groups is 1. The predicted molar refractivity (Wildman–Crippen MR) is 83.9 cm³/mol. The fourth-order valence-corrected chi connectivity index (χ4v) is 2.04. The van der Waals surface area contributed by atoms with Gasteiger partial charge in [0.15, 0.2) is 0 Å². The second-order valence-corrected chi connectivity index (χ2v) is 5.26. The quantitative estimate of drug-likeness (QED) is 0.772. The molecule has 118 valence electrons. The molecule has 1 amide bonds. The third-order valence-electron chi connectivity index (χ3n) is 3.19. The van der Waals surface area contributed by atoms with Gasteiger partial charge in [-0.1, -0.05) is 13.8 Å². The van der Waals surface area contributed by atoms with E-state index in [9.17, 15) is 4.79 Å². The molecule has 0 aliphatic heterocycles.